The summed E-state index contributed by atoms with van der Waals surface area (Å²) in [4.78, 5) is 16.8. The lowest BCUT2D eigenvalue weighted by molar-refractivity contribution is -0.401. The van der Waals surface area contributed by atoms with Crippen LogP contribution in [0.2, 0.25) is 0 Å². The predicted octanol–water partition coefficient (Wildman–Crippen LogP) is 4.08. The molecule has 0 aliphatic rings. The lowest BCUT2D eigenvalue weighted by atomic mass is 10.1. The minimum atomic E-state index is -0.553. The van der Waals surface area contributed by atoms with Gasteiger partial charge in [0.2, 0.25) is 0 Å². The van der Waals surface area contributed by atoms with Crippen molar-refractivity contribution in [2.75, 3.05) is 5.32 Å². The third-order valence-corrected chi connectivity index (χ3v) is 3.84. The molecule has 22 heavy (non-hydrogen) atoms. The van der Waals surface area contributed by atoms with E-state index in [1.165, 1.54) is 6.07 Å². The van der Waals surface area contributed by atoms with E-state index in [1.54, 1.807) is 17.4 Å². The number of imidazole rings is 1. The first-order valence-corrected chi connectivity index (χ1v) is 7.57. The number of aryl methyl sites for hydroxylation is 1. The molecule has 3 rings (SSSR count). The van der Waals surface area contributed by atoms with E-state index in [2.05, 4.69) is 10.3 Å². The van der Waals surface area contributed by atoms with Crippen molar-refractivity contribution in [3.63, 3.8) is 0 Å². The van der Waals surface area contributed by atoms with Gasteiger partial charge in [0.25, 0.3) is 0 Å². The number of nitrogens with zero attached hydrogens (tertiary/aromatic N) is 3. The second-order valence-corrected chi connectivity index (χ2v) is 7.29. The Balaban J connectivity index is 2.16. The van der Waals surface area contributed by atoms with E-state index in [0.717, 1.165) is 15.7 Å². The monoisotopic (exact) mass is 320 g/mol. The van der Waals surface area contributed by atoms with E-state index in [1.807, 2.05) is 38.3 Å². The van der Waals surface area contributed by atoms with Gasteiger partial charge in [-0.2, -0.15) is 0 Å². The molecule has 8 heteroatoms. The average Bonchev–Trinajstić information content (AvgIpc) is 3.03. The molecule has 0 radical (unpaired) electrons. The number of rotatable bonds is 3. The SMILES string of the molecule is Cc1cn2c(NC(C)(C)C)c(-c3ccc([N+](=O)[O-])o3)nc2s1. The molecule has 3 heterocycles. The van der Waals surface area contributed by atoms with Crippen LogP contribution >= 0.6 is 11.3 Å². The second-order valence-electron chi connectivity index (χ2n) is 6.07. The maximum absolute atomic E-state index is 10.8. The highest BCUT2D eigenvalue weighted by molar-refractivity contribution is 7.17. The Morgan fingerprint density at radius 3 is 2.73 bits per heavy atom. The van der Waals surface area contributed by atoms with E-state index in [4.69, 9.17) is 4.42 Å². The largest absolute Gasteiger partial charge is 0.433 e. The summed E-state index contributed by atoms with van der Waals surface area (Å²) < 4.78 is 7.26. The summed E-state index contributed by atoms with van der Waals surface area (Å²) in [5.41, 5.74) is 0.397. The Bertz CT molecular complexity index is 853. The van der Waals surface area contributed by atoms with E-state index < -0.39 is 4.92 Å². The molecule has 0 bridgehead atoms. The number of fused-ring (bicyclic) bond motifs is 1. The summed E-state index contributed by atoms with van der Waals surface area (Å²) in [6.45, 7) is 8.14. The highest BCUT2D eigenvalue weighted by Crippen LogP contribution is 2.35. The fourth-order valence-electron chi connectivity index (χ4n) is 2.16. The summed E-state index contributed by atoms with van der Waals surface area (Å²) in [5.74, 6) is 0.868. The first kappa shape index (κ1) is 14.6. The average molecular weight is 320 g/mol. The van der Waals surface area contributed by atoms with Crippen LogP contribution in [0.5, 0.6) is 0 Å². The van der Waals surface area contributed by atoms with E-state index in [-0.39, 0.29) is 11.4 Å². The summed E-state index contributed by atoms with van der Waals surface area (Å²) in [5, 5.41) is 14.2. The van der Waals surface area contributed by atoms with Crippen LogP contribution in [0.25, 0.3) is 16.4 Å². The molecular weight excluding hydrogens is 304 g/mol. The van der Waals surface area contributed by atoms with Crippen molar-refractivity contribution in [3.8, 4) is 11.5 Å². The van der Waals surface area contributed by atoms with Crippen LogP contribution in [0.15, 0.2) is 22.7 Å². The van der Waals surface area contributed by atoms with Crippen LogP contribution in [0.4, 0.5) is 11.7 Å². The third kappa shape index (κ3) is 2.57. The molecule has 0 aliphatic carbocycles. The third-order valence-electron chi connectivity index (χ3n) is 2.94. The van der Waals surface area contributed by atoms with Crippen LogP contribution in [0.3, 0.4) is 0 Å². The Morgan fingerprint density at radius 1 is 1.41 bits per heavy atom. The molecule has 0 unspecified atom stereocenters. The van der Waals surface area contributed by atoms with Gasteiger partial charge in [-0.3, -0.25) is 14.5 Å². The molecular formula is C14H16N4O3S. The highest BCUT2D eigenvalue weighted by Gasteiger charge is 2.24. The van der Waals surface area contributed by atoms with Crippen molar-refractivity contribution in [1.29, 1.82) is 0 Å². The van der Waals surface area contributed by atoms with Crippen molar-refractivity contribution < 1.29 is 9.34 Å². The smallest absolute Gasteiger partial charge is 0.399 e. The number of nitrogens with one attached hydrogen (secondary N) is 1. The second kappa shape index (κ2) is 4.84. The molecule has 0 spiro atoms. The predicted molar refractivity (Wildman–Crippen MR) is 85.5 cm³/mol. The number of furan rings is 1. The first-order valence-electron chi connectivity index (χ1n) is 6.76. The fraction of sp³-hybridized carbons (Fsp3) is 0.357. The van der Waals surface area contributed by atoms with Crippen molar-refractivity contribution in [3.05, 3.63) is 33.3 Å². The van der Waals surface area contributed by atoms with Gasteiger partial charge in [0.15, 0.2) is 16.4 Å². The highest BCUT2D eigenvalue weighted by atomic mass is 32.1. The van der Waals surface area contributed by atoms with Crippen LogP contribution in [-0.2, 0) is 0 Å². The quantitative estimate of drug-likeness (QED) is 0.580. The van der Waals surface area contributed by atoms with Gasteiger partial charge in [0.05, 0.1) is 6.07 Å². The number of aromatic nitrogens is 2. The minimum Gasteiger partial charge on any atom is -0.399 e. The van der Waals surface area contributed by atoms with Gasteiger partial charge in [-0.1, -0.05) is 0 Å². The van der Waals surface area contributed by atoms with E-state index in [0.29, 0.717) is 11.5 Å². The molecule has 0 atom stereocenters. The van der Waals surface area contributed by atoms with E-state index in [9.17, 15) is 10.1 Å². The van der Waals surface area contributed by atoms with Crippen LogP contribution in [0, 0.1) is 17.0 Å². The van der Waals surface area contributed by atoms with Gasteiger partial charge in [-0.25, -0.2) is 4.98 Å². The maximum atomic E-state index is 10.8. The lowest BCUT2D eigenvalue weighted by Crippen LogP contribution is -2.27. The summed E-state index contributed by atoms with van der Waals surface area (Å²) in [7, 11) is 0. The Hall–Kier alpha value is -2.35. The Kier molecular flexibility index (Phi) is 3.21. The molecule has 116 valence electrons. The van der Waals surface area contributed by atoms with Crippen molar-refractivity contribution in [1.82, 2.24) is 9.38 Å². The van der Waals surface area contributed by atoms with Gasteiger partial charge in [-0.05, 0) is 33.8 Å². The summed E-state index contributed by atoms with van der Waals surface area (Å²) in [6.07, 6.45) is 1.99. The Morgan fingerprint density at radius 2 is 2.14 bits per heavy atom. The standard InChI is InChI=1S/C14H16N4O3S/c1-8-7-17-12(16-14(2,3)4)11(15-13(17)22-8)9-5-6-10(21-9)18(19)20/h5-7,16H,1-4H3. The molecule has 0 aromatic carbocycles. The maximum Gasteiger partial charge on any atom is 0.433 e. The topological polar surface area (TPSA) is 85.6 Å². The van der Waals surface area contributed by atoms with Gasteiger partial charge >= 0.3 is 5.88 Å². The number of anilines is 1. The number of nitro groups is 1. The molecule has 0 fully saturated rings. The van der Waals surface area contributed by atoms with Gasteiger partial charge in [-0.15, -0.1) is 11.3 Å². The van der Waals surface area contributed by atoms with Crippen molar-refractivity contribution in [2.24, 2.45) is 0 Å². The molecule has 0 amide bonds. The molecule has 3 aromatic heterocycles. The molecule has 0 aliphatic heterocycles. The number of hydrogen-bond donors (Lipinski definition) is 1. The molecule has 7 nitrogen and oxygen atoms in total. The zero-order valence-corrected chi connectivity index (χ0v) is 13.5. The minimum absolute atomic E-state index is 0.181. The zero-order chi connectivity index (χ0) is 16.1. The van der Waals surface area contributed by atoms with Crippen LogP contribution < -0.4 is 5.32 Å². The first-order chi connectivity index (χ1) is 10.2. The van der Waals surface area contributed by atoms with E-state index >= 15 is 0 Å². The van der Waals surface area contributed by atoms with Gasteiger partial charge in [0, 0.05) is 16.6 Å². The van der Waals surface area contributed by atoms with Crippen LogP contribution in [0.1, 0.15) is 25.6 Å². The fourth-order valence-corrected chi connectivity index (χ4v) is 2.98. The Labute approximate surface area is 130 Å². The lowest BCUT2D eigenvalue weighted by Gasteiger charge is -2.21. The van der Waals surface area contributed by atoms with Crippen molar-refractivity contribution in [2.45, 2.75) is 33.2 Å². The number of hydrogen-bond acceptors (Lipinski definition) is 6. The molecule has 3 aromatic rings. The molecule has 0 saturated carbocycles. The summed E-state index contributed by atoms with van der Waals surface area (Å²) in [6, 6.07) is 2.92. The van der Waals surface area contributed by atoms with Gasteiger partial charge < -0.3 is 9.73 Å². The number of thiazole rings is 1. The molecule has 1 N–H and O–H groups in total. The normalized spacial score (nSPS) is 12.0. The van der Waals surface area contributed by atoms with Crippen molar-refractivity contribution >= 4 is 28.0 Å². The van der Waals surface area contributed by atoms with Crippen LogP contribution in [-0.4, -0.2) is 19.8 Å². The summed E-state index contributed by atoms with van der Waals surface area (Å²) >= 11 is 1.56. The molecule has 0 saturated heterocycles. The van der Waals surface area contributed by atoms with Gasteiger partial charge in [0.1, 0.15) is 10.7 Å². The zero-order valence-electron chi connectivity index (χ0n) is 12.7.